The molecule has 2 aromatic carbocycles. The smallest absolute Gasteiger partial charge is 0.286 e. The molecule has 0 saturated carbocycles. The summed E-state index contributed by atoms with van der Waals surface area (Å²) in [6.07, 6.45) is 5.38. The average Bonchev–Trinajstić information content (AvgIpc) is 2.58. The molecule has 0 aromatic heterocycles. The maximum atomic E-state index is 12.1. The molecule has 0 spiro atoms. The Morgan fingerprint density at radius 1 is 1.05 bits per heavy atom. The minimum atomic E-state index is -0.232. The lowest BCUT2D eigenvalue weighted by Crippen LogP contribution is -2.25. The molecule has 0 saturated heterocycles. The molecule has 3 heteroatoms. The Balaban J connectivity index is 1.93. The highest BCUT2D eigenvalue weighted by Gasteiger charge is 2.07. The van der Waals surface area contributed by atoms with Crippen molar-refractivity contribution in [2.24, 2.45) is 0 Å². The molecule has 3 nitrogen and oxygen atoms in total. The summed E-state index contributed by atoms with van der Waals surface area (Å²) >= 11 is 0. The third-order valence-corrected chi connectivity index (χ3v) is 3.08. The second-order valence-corrected chi connectivity index (χ2v) is 4.67. The third kappa shape index (κ3) is 4.94. The maximum Gasteiger partial charge on any atom is 0.286 e. The molecule has 0 aliphatic carbocycles. The van der Waals surface area contributed by atoms with Crippen LogP contribution < -0.4 is 5.32 Å². The zero-order chi connectivity index (χ0) is 15.6. The van der Waals surface area contributed by atoms with Crippen LogP contribution in [0.3, 0.4) is 0 Å². The number of ether oxygens (including phenoxy) is 1. The molecule has 0 aliphatic rings. The lowest BCUT2D eigenvalue weighted by molar-refractivity contribution is -0.120. The minimum absolute atomic E-state index is 0.232. The number of benzene rings is 2. The summed E-state index contributed by atoms with van der Waals surface area (Å²) in [5, 5.41) is 2.83. The van der Waals surface area contributed by atoms with Gasteiger partial charge in [0, 0.05) is 6.54 Å². The lowest BCUT2D eigenvalue weighted by atomic mass is 10.2. The van der Waals surface area contributed by atoms with Gasteiger partial charge in [-0.2, -0.15) is 0 Å². The Morgan fingerprint density at radius 2 is 1.68 bits per heavy atom. The quantitative estimate of drug-likeness (QED) is 0.502. The van der Waals surface area contributed by atoms with E-state index in [9.17, 15) is 4.79 Å². The lowest BCUT2D eigenvalue weighted by Gasteiger charge is -2.07. The van der Waals surface area contributed by atoms with Gasteiger partial charge in [0.05, 0.1) is 7.11 Å². The minimum Gasteiger partial charge on any atom is -0.491 e. The van der Waals surface area contributed by atoms with Crippen LogP contribution in [-0.4, -0.2) is 13.0 Å². The second-order valence-electron chi connectivity index (χ2n) is 4.67. The molecule has 0 aliphatic heterocycles. The van der Waals surface area contributed by atoms with Crippen molar-refractivity contribution in [3.63, 3.8) is 0 Å². The highest BCUT2D eigenvalue weighted by atomic mass is 16.5. The van der Waals surface area contributed by atoms with Crippen molar-refractivity contribution in [3.8, 4) is 0 Å². The van der Waals surface area contributed by atoms with Gasteiger partial charge >= 0.3 is 0 Å². The molecule has 1 N–H and O–H groups in total. The van der Waals surface area contributed by atoms with Crippen molar-refractivity contribution in [1.29, 1.82) is 0 Å². The molecule has 0 radical (unpaired) electrons. The molecule has 2 rings (SSSR count). The molecule has 112 valence electrons. The van der Waals surface area contributed by atoms with Gasteiger partial charge in [-0.05, 0) is 17.2 Å². The van der Waals surface area contributed by atoms with Gasteiger partial charge in [-0.15, -0.1) is 0 Å². The Labute approximate surface area is 130 Å². The second kappa shape index (κ2) is 8.47. The van der Waals surface area contributed by atoms with Crippen LogP contribution >= 0.6 is 0 Å². The normalized spacial score (nSPS) is 11.4. The zero-order valence-electron chi connectivity index (χ0n) is 12.5. The monoisotopic (exact) mass is 293 g/mol. The van der Waals surface area contributed by atoms with Crippen molar-refractivity contribution in [2.75, 3.05) is 7.11 Å². The van der Waals surface area contributed by atoms with Crippen LogP contribution in [0.2, 0.25) is 0 Å². The molecule has 22 heavy (non-hydrogen) atoms. The molecule has 0 heterocycles. The number of amides is 1. The average molecular weight is 293 g/mol. The van der Waals surface area contributed by atoms with Gasteiger partial charge in [0.15, 0.2) is 5.76 Å². The summed E-state index contributed by atoms with van der Waals surface area (Å²) in [5.41, 5.74) is 2.12. The number of methoxy groups -OCH3 is 1. The number of carbonyl (C=O) groups excluding carboxylic acids is 1. The van der Waals surface area contributed by atoms with E-state index in [0.29, 0.717) is 6.54 Å². The maximum absolute atomic E-state index is 12.1. The molecule has 1 amide bonds. The highest BCUT2D eigenvalue weighted by molar-refractivity contribution is 5.91. The van der Waals surface area contributed by atoms with Gasteiger partial charge in [-0.1, -0.05) is 72.8 Å². The summed E-state index contributed by atoms with van der Waals surface area (Å²) in [6.45, 7) is 0.475. The molecule has 2 aromatic rings. The van der Waals surface area contributed by atoms with Gasteiger partial charge in [-0.3, -0.25) is 4.79 Å². The summed E-state index contributed by atoms with van der Waals surface area (Å²) in [6, 6.07) is 19.6. The fourth-order valence-corrected chi connectivity index (χ4v) is 1.91. The first-order valence-corrected chi connectivity index (χ1v) is 7.09. The largest absolute Gasteiger partial charge is 0.491 e. The highest BCUT2D eigenvalue weighted by Crippen LogP contribution is 2.04. The number of rotatable bonds is 6. The van der Waals surface area contributed by atoms with E-state index in [1.165, 1.54) is 7.11 Å². The van der Waals surface area contributed by atoms with Crippen LogP contribution in [-0.2, 0) is 16.1 Å². The van der Waals surface area contributed by atoms with E-state index in [0.717, 1.165) is 11.1 Å². The Morgan fingerprint density at radius 3 is 2.32 bits per heavy atom. The van der Waals surface area contributed by atoms with Crippen LogP contribution in [0.4, 0.5) is 0 Å². The Kier molecular flexibility index (Phi) is 6.00. The fraction of sp³-hybridized carbons (Fsp3) is 0.105. The van der Waals surface area contributed by atoms with E-state index < -0.39 is 0 Å². The molecular formula is C19H19NO2. The van der Waals surface area contributed by atoms with Crippen molar-refractivity contribution >= 4 is 12.0 Å². The van der Waals surface area contributed by atoms with E-state index in [1.54, 1.807) is 12.2 Å². The number of hydrogen-bond acceptors (Lipinski definition) is 2. The van der Waals surface area contributed by atoms with E-state index in [4.69, 9.17) is 4.74 Å². The van der Waals surface area contributed by atoms with Crippen molar-refractivity contribution in [2.45, 2.75) is 6.54 Å². The summed E-state index contributed by atoms with van der Waals surface area (Å²) in [7, 11) is 1.49. The van der Waals surface area contributed by atoms with Crippen LogP contribution in [0.5, 0.6) is 0 Å². The predicted octanol–water partition coefficient (Wildman–Crippen LogP) is 3.55. The fourth-order valence-electron chi connectivity index (χ4n) is 1.91. The van der Waals surface area contributed by atoms with E-state index >= 15 is 0 Å². The van der Waals surface area contributed by atoms with Gasteiger partial charge in [0.25, 0.3) is 5.91 Å². The van der Waals surface area contributed by atoms with E-state index in [1.807, 2.05) is 66.7 Å². The molecule has 0 bridgehead atoms. The van der Waals surface area contributed by atoms with Gasteiger partial charge in [-0.25, -0.2) is 0 Å². The van der Waals surface area contributed by atoms with E-state index in [2.05, 4.69) is 5.32 Å². The summed E-state index contributed by atoms with van der Waals surface area (Å²) < 4.78 is 5.14. The standard InChI is InChI=1S/C19H19NO2/c1-22-18(14-8-13-16-9-4-2-5-10-16)19(21)20-15-17-11-6-3-7-12-17/h2-14H,15H2,1H3,(H,20,21)/b13-8+,18-14-. The Bertz CT molecular complexity index is 646. The first-order chi connectivity index (χ1) is 10.8. The van der Waals surface area contributed by atoms with Crippen LogP contribution in [0, 0.1) is 0 Å². The molecular weight excluding hydrogens is 274 g/mol. The number of hydrogen-bond donors (Lipinski definition) is 1. The summed E-state index contributed by atoms with van der Waals surface area (Å²) in [4.78, 5) is 12.1. The first kappa shape index (κ1) is 15.6. The number of nitrogens with one attached hydrogen (secondary N) is 1. The topological polar surface area (TPSA) is 38.3 Å². The SMILES string of the molecule is CO/C(=C\C=C\c1ccccc1)C(=O)NCc1ccccc1. The van der Waals surface area contributed by atoms with Crippen molar-refractivity contribution in [3.05, 3.63) is 89.7 Å². The van der Waals surface area contributed by atoms with Crippen LogP contribution in [0.15, 0.2) is 78.6 Å². The van der Waals surface area contributed by atoms with Gasteiger partial charge in [0.1, 0.15) is 0 Å². The van der Waals surface area contributed by atoms with Crippen LogP contribution in [0.1, 0.15) is 11.1 Å². The van der Waals surface area contributed by atoms with E-state index in [-0.39, 0.29) is 11.7 Å². The first-order valence-electron chi connectivity index (χ1n) is 7.09. The third-order valence-electron chi connectivity index (χ3n) is 3.08. The Hall–Kier alpha value is -2.81. The predicted molar refractivity (Wildman–Crippen MR) is 88.9 cm³/mol. The van der Waals surface area contributed by atoms with Crippen LogP contribution in [0.25, 0.3) is 6.08 Å². The van der Waals surface area contributed by atoms with Gasteiger partial charge in [0.2, 0.25) is 0 Å². The molecule has 0 fully saturated rings. The summed E-state index contributed by atoms with van der Waals surface area (Å²) in [5.74, 6) is 0.0483. The number of carbonyl (C=O) groups is 1. The van der Waals surface area contributed by atoms with Crippen molar-refractivity contribution < 1.29 is 9.53 Å². The molecule has 0 unspecified atom stereocenters. The van der Waals surface area contributed by atoms with Gasteiger partial charge < -0.3 is 10.1 Å². The van der Waals surface area contributed by atoms with Crippen molar-refractivity contribution in [1.82, 2.24) is 5.32 Å². The number of allylic oxidation sites excluding steroid dienone is 2. The zero-order valence-corrected chi connectivity index (χ0v) is 12.5. The molecule has 0 atom stereocenters.